The van der Waals surface area contributed by atoms with Crippen LogP contribution < -0.4 is 0 Å². The lowest BCUT2D eigenvalue weighted by Gasteiger charge is -2.12. The van der Waals surface area contributed by atoms with Gasteiger partial charge in [0, 0.05) is 9.65 Å². The summed E-state index contributed by atoms with van der Waals surface area (Å²) in [7, 11) is -3.51. The Morgan fingerprint density at radius 3 is 1.57 bits per heavy atom. The second-order valence-corrected chi connectivity index (χ2v) is 9.56. The molecule has 0 spiro atoms. The number of hydrogen-bond acceptors (Lipinski definition) is 2. The fourth-order valence-electron chi connectivity index (χ4n) is 2.36. The second-order valence-electron chi connectivity index (χ2n) is 5.40. The maximum Gasteiger partial charge on any atom is 0.206 e. The van der Waals surface area contributed by atoms with Gasteiger partial charge < -0.3 is 0 Å². The number of sulfone groups is 1. The summed E-state index contributed by atoms with van der Waals surface area (Å²) in [5.74, 6) is 0. The Morgan fingerprint density at radius 1 is 0.826 bits per heavy atom. The van der Waals surface area contributed by atoms with Gasteiger partial charge in [0.25, 0.3) is 0 Å². The summed E-state index contributed by atoms with van der Waals surface area (Å²) < 4.78 is 25.9. The van der Waals surface area contributed by atoms with Gasteiger partial charge in [0.2, 0.25) is 9.84 Å². The summed E-state index contributed by atoms with van der Waals surface area (Å²) in [6.45, 7) is 4.12. The summed E-state index contributed by atoms with van der Waals surface area (Å²) in [5, 5.41) is 0. The minimum Gasteiger partial charge on any atom is -0.219 e. The Kier molecular flexibility index (Phi) is 6.46. The van der Waals surface area contributed by atoms with Crippen molar-refractivity contribution in [1.29, 1.82) is 0 Å². The first kappa shape index (κ1) is 18.7. The van der Waals surface area contributed by atoms with Crippen LogP contribution in [-0.2, 0) is 9.84 Å². The zero-order chi connectivity index (χ0) is 17.0. The molecule has 2 unspecified atom stereocenters. The van der Waals surface area contributed by atoms with Gasteiger partial charge >= 0.3 is 0 Å². The number of hydrogen-bond donors (Lipinski definition) is 0. The van der Waals surface area contributed by atoms with Gasteiger partial charge in [-0.3, -0.25) is 0 Å². The highest BCUT2D eigenvalue weighted by atomic mass is 79.9. The number of alkyl halides is 2. The van der Waals surface area contributed by atoms with E-state index in [1.807, 2.05) is 12.1 Å². The van der Waals surface area contributed by atoms with Gasteiger partial charge in [0.15, 0.2) is 0 Å². The molecule has 0 heterocycles. The van der Waals surface area contributed by atoms with E-state index in [0.29, 0.717) is 9.79 Å². The van der Waals surface area contributed by atoms with Crippen LogP contribution in [0, 0.1) is 0 Å². The molecule has 0 radical (unpaired) electrons. The summed E-state index contributed by atoms with van der Waals surface area (Å²) in [6, 6.07) is 14.3. The Morgan fingerprint density at radius 2 is 1.22 bits per heavy atom. The highest BCUT2D eigenvalue weighted by molar-refractivity contribution is 9.09. The van der Waals surface area contributed by atoms with Crippen molar-refractivity contribution in [2.75, 3.05) is 0 Å². The molecule has 2 rings (SSSR count). The molecule has 23 heavy (non-hydrogen) atoms. The molecule has 2 atom stereocenters. The predicted octanol–water partition coefficient (Wildman–Crippen LogP) is 6.21. The van der Waals surface area contributed by atoms with Crippen molar-refractivity contribution >= 4 is 41.7 Å². The monoisotopic (exact) mass is 458 g/mol. The molecule has 5 heteroatoms. The number of halogens is 2. The van der Waals surface area contributed by atoms with E-state index in [2.05, 4.69) is 45.7 Å². The van der Waals surface area contributed by atoms with Gasteiger partial charge in [-0.05, 0) is 48.2 Å². The van der Waals surface area contributed by atoms with Crippen molar-refractivity contribution in [2.45, 2.75) is 46.1 Å². The SMILES string of the molecule is CCC(Br)c1cccc(S(=O)(=O)c2cccc(C(Br)CC)c2)c1. The first-order valence-corrected chi connectivity index (χ1v) is 10.9. The van der Waals surface area contributed by atoms with Gasteiger partial charge in [-0.1, -0.05) is 70.0 Å². The number of benzene rings is 2. The van der Waals surface area contributed by atoms with Crippen LogP contribution in [-0.4, -0.2) is 8.42 Å². The van der Waals surface area contributed by atoms with E-state index in [1.54, 1.807) is 36.4 Å². The van der Waals surface area contributed by atoms with Gasteiger partial charge in [0.1, 0.15) is 0 Å². The van der Waals surface area contributed by atoms with E-state index in [-0.39, 0.29) is 9.65 Å². The quantitative estimate of drug-likeness (QED) is 0.481. The van der Waals surface area contributed by atoms with E-state index >= 15 is 0 Å². The van der Waals surface area contributed by atoms with Crippen molar-refractivity contribution in [3.05, 3.63) is 59.7 Å². The fourth-order valence-corrected chi connectivity index (χ4v) is 4.30. The van der Waals surface area contributed by atoms with E-state index in [0.717, 1.165) is 24.0 Å². The Hall–Kier alpha value is -0.650. The standard InChI is InChI=1S/C18H20Br2O2S/c1-3-17(19)13-7-5-9-15(11-13)23(21,22)16-10-6-8-14(12-16)18(20)4-2/h5-12,17-18H,3-4H2,1-2H3. The average molecular weight is 460 g/mol. The molecular weight excluding hydrogens is 440 g/mol. The second kappa shape index (κ2) is 7.95. The van der Waals surface area contributed by atoms with E-state index in [1.165, 1.54) is 0 Å². The van der Waals surface area contributed by atoms with Crippen LogP contribution in [0.15, 0.2) is 58.3 Å². The molecule has 0 aliphatic rings. The molecule has 124 valence electrons. The number of rotatable bonds is 6. The van der Waals surface area contributed by atoms with Crippen molar-refractivity contribution in [2.24, 2.45) is 0 Å². The minimum atomic E-state index is -3.51. The summed E-state index contributed by atoms with van der Waals surface area (Å²) in [4.78, 5) is 1.01. The normalized spacial score (nSPS) is 14.4. The maximum atomic E-state index is 12.9. The topological polar surface area (TPSA) is 34.1 Å². The van der Waals surface area contributed by atoms with Gasteiger partial charge in [-0.2, -0.15) is 0 Å². The zero-order valence-corrected chi connectivity index (χ0v) is 17.2. The predicted molar refractivity (Wildman–Crippen MR) is 102 cm³/mol. The molecule has 0 N–H and O–H groups in total. The van der Waals surface area contributed by atoms with E-state index in [4.69, 9.17) is 0 Å². The third kappa shape index (κ3) is 4.25. The molecule has 0 saturated carbocycles. The molecule has 2 nitrogen and oxygen atoms in total. The highest BCUT2D eigenvalue weighted by Crippen LogP contribution is 2.32. The van der Waals surface area contributed by atoms with Gasteiger partial charge in [0.05, 0.1) is 9.79 Å². The average Bonchev–Trinajstić information content (AvgIpc) is 2.60. The smallest absolute Gasteiger partial charge is 0.206 e. The lowest BCUT2D eigenvalue weighted by atomic mass is 10.1. The first-order valence-electron chi connectivity index (χ1n) is 7.63. The third-order valence-electron chi connectivity index (χ3n) is 3.78. The Labute approximate surface area is 155 Å². The molecule has 0 bridgehead atoms. The van der Waals surface area contributed by atoms with Crippen molar-refractivity contribution in [1.82, 2.24) is 0 Å². The van der Waals surface area contributed by atoms with Crippen LogP contribution in [0.3, 0.4) is 0 Å². The van der Waals surface area contributed by atoms with Crippen molar-refractivity contribution in [3.63, 3.8) is 0 Å². The molecule has 0 saturated heterocycles. The Bertz CT molecular complexity index is 713. The molecular formula is C18H20Br2O2S. The molecule has 2 aromatic rings. The zero-order valence-electron chi connectivity index (χ0n) is 13.2. The lowest BCUT2D eigenvalue weighted by molar-refractivity contribution is 0.595. The van der Waals surface area contributed by atoms with Crippen LogP contribution >= 0.6 is 31.9 Å². The lowest BCUT2D eigenvalue weighted by Crippen LogP contribution is -2.04. The van der Waals surface area contributed by atoms with Crippen molar-refractivity contribution < 1.29 is 8.42 Å². The molecule has 0 amide bonds. The fraction of sp³-hybridized carbons (Fsp3) is 0.333. The summed E-state index contributed by atoms with van der Waals surface area (Å²) in [5.41, 5.74) is 1.97. The van der Waals surface area contributed by atoms with Crippen LogP contribution in [0.5, 0.6) is 0 Å². The molecule has 0 aliphatic carbocycles. The first-order chi connectivity index (χ1) is 10.9. The molecule has 0 fully saturated rings. The van der Waals surface area contributed by atoms with Crippen LogP contribution in [0.2, 0.25) is 0 Å². The largest absolute Gasteiger partial charge is 0.219 e. The van der Waals surface area contributed by atoms with Gasteiger partial charge in [-0.25, -0.2) is 8.42 Å². The van der Waals surface area contributed by atoms with E-state index < -0.39 is 9.84 Å². The molecule has 2 aromatic carbocycles. The summed E-state index contributed by atoms with van der Waals surface area (Å²) in [6.07, 6.45) is 1.81. The minimum absolute atomic E-state index is 0.163. The maximum absolute atomic E-state index is 12.9. The van der Waals surface area contributed by atoms with Crippen LogP contribution in [0.25, 0.3) is 0 Å². The Balaban J connectivity index is 2.46. The van der Waals surface area contributed by atoms with E-state index in [9.17, 15) is 8.42 Å². The van der Waals surface area contributed by atoms with Crippen LogP contribution in [0.1, 0.15) is 47.5 Å². The molecule has 0 aliphatic heterocycles. The highest BCUT2D eigenvalue weighted by Gasteiger charge is 2.20. The van der Waals surface area contributed by atoms with Crippen LogP contribution in [0.4, 0.5) is 0 Å². The third-order valence-corrected chi connectivity index (χ3v) is 7.88. The van der Waals surface area contributed by atoms with Gasteiger partial charge in [-0.15, -0.1) is 0 Å². The van der Waals surface area contributed by atoms with Crippen molar-refractivity contribution in [3.8, 4) is 0 Å². The summed E-state index contributed by atoms with van der Waals surface area (Å²) >= 11 is 7.16. The molecule has 0 aromatic heterocycles.